The maximum Gasteiger partial charge on any atom is 0.263 e. The molecule has 0 spiro atoms. The highest BCUT2D eigenvalue weighted by Gasteiger charge is 2.20. The number of nitrogens with zero attached hydrogens (tertiary/aromatic N) is 3. The molecule has 1 aliphatic heterocycles. The molecule has 0 aliphatic carbocycles. The second-order valence-electron chi connectivity index (χ2n) is 6.14. The van der Waals surface area contributed by atoms with Gasteiger partial charge in [-0.25, -0.2) is 9.97 Å². The second-order valence-corrected chi connectivity index (χ2v) is 6.14. The molecular weight excluding hydrogens is 326 g/mol. The lowest BCUT2D eigenvalue weighted by Gasteiger charge is -2.28. The number of anilines is 1. The number of benzene rings is 2. The first-order valence-corrected chi connectivity index (χ1v) is 8.81. The van der Waals surface area contributed by atoms with Crippen LogP contribution in [0.2, 0.25) is 0 Å². The molecule has 5 nitrogen and oxygen atoms in total. The van der Waals surface area contributed by atoms with Gasteiger partial charge in [0.05, 0.1) is 24.2 Å². The molecule has 3 aromatic rings. The zero-order chi connectivity index (χ0) is 17.8. The van der Waals surface area contributed by atoms with Gasteiger partial charge in [-0.3, -0.25) is 0 Å². The lowest BCUT2D eigenvalue weighted by atomic mass is 10.1. The summed E-state index contributed by atoms with van der Waals surface area (Å²) in [6.07, 6.45) is 2.61. The summed E-state index contributed by atoms with van der Waals surface area (Å²) < 4.78 is 11.7. The van der Waals surface area contributed by atoms with Gasteiger partial charge < -0.3 is 14.4 Å². The molecule has 1 saturated heterocycles. The largest absolute Gasteiger partial charge is 0.436 e. The Kier molecular flexibility index (Phi) is 4.80. The molecule has 4 rings (SSSR count). The van der Waals surface area contributed by atoms with Crippen LogP contribution in [0.3, 0.4) is 0 Å². The number of allylic oxidation sites excluding steroid dienone is 1. The lowest BCUT2D eigenvalue weighted by molar-refractivity contribution is 0.122. The summed E-state index contributed by atoms with van der Waals surface area (Å²) in [6.45, 7) is 6.74. The van der Waals surface area contributed by atoms with Crippen LogP contribution in [-0.4, -0.2) is 36.3 Å². The van der Waals surface area contributed by atoms with E-state index < -0.39 is 0 Å². The first-order valence-electron chi connectivity index (χ1n) is 8.81. The SMILES string of the molecule is C=CCc1ccccc1Oc1nc2ccccc2nc1N1CCOCC1. The summed E-state index contributed by atoms with van der Waals surface area (Å²) in [6, 6.07) is 15.8. The number of ether oxygens (including phenoxy) is 2. The van der Waals surface area contributed by atoms with Crippen LogP contribution in [0, 0.1) is 0 Å². The number of hydrogen-bond acceptors (Lipinski definition) is 5. The molecule has 0 unspecified atom stereocenters. The molecule has 0 saturated carbocycles. The van der Waals surface area contributed by atoms with Crippen molar-refractivity contribution in [2.75, 3.05) is 31.2 Å². The second kappa shape index (κ2) is 7.54. The van der Waals surface area contributed by atoms with E-state index in [9.17, 15) is 0 Å². The number of morpholine rings is 1. The molecular formula is C21H21N3O2. The predicted octanol–water partition coefficient (Wildman–Crippen LogP) is 3.99. The monoisotopic (exact) mass is 347 g/mol. The van der Waals surface area contributed by atoms with Crippen molar-refractivity contribution in [3.63, 3.8) is 0 Å². The van der Waals surface area contributed by atoms with E-state index >= 15 is 0 Å². The average molecular weight is 347 g/mol. The third kappa shape index (κ3) is 3.39. The van der Waals surface area contributed by atoms with Gasteiger partial charge in [0.15, 0.2) is 5.82 Å². The van der Waals surface area contributed by atoms with Crippen LogP contribution in [0.15, 0.2) is 61.2 Å². The van der Waals surface area contributed by atoms with Crippen molar-refractivity contribution in [3.8, 4) is 11.6 Å². The van der Waals surface area contributed by atoms with E-state index in [-0.39, 0.29) is 0 Å². The van der Waals surface area contributed by atoms with Gasteiger partial charge in [0, 0.05) is 13.1 Å². The van der Waals surface area contributed by atoms with Crippen molar-refractivity contribution >= 4 is 16.9 Å². The van der Waals surface area contributed by atoms with Gasteiger partial charge in [-0.15, -0.1) is 6.58 Å². The minimum atomic E-state index is 0.530. The van der Waals surface area contributed by atoms with Crippen molar-refractivity contribution in [1.29, 1.82) is 0 Å². The zero-order valence-electron chi connectivity index (χ0n) is 14.6. The molecule has 0 N–H and O–H groups in total. The van der Waals surface area contributed by atoms with Gasteiger partial charge in [-0.1, -0.05) is 36.4 Å². The van der Waals surface area contributed by atoms with Gasteiger partial charge >= 0.3 is 0 Å². The van der Waals surface area contributed by atoms with Crippen LogP contribution >= 0.6 is 0 Å². The van der Waals surface area contributed by atoms with Crippen LogP contribution in [0.25, 0.3) is 11.0 Å². The number of aromatic nitrogens is 2. The van der Waals surface area contributed by atoms with Gasteiger partial charge in [0.25, 0.3) is 5.88 Å². The van der Waals surface area contributed by atoms with Gasteiger partial charge in [-0.2, -0.15) is 0 Å². The Hall–Kier alpha value is -2.92. The normalized spacial score (nSPS) is 14.4. The highest BCUT2D eigenvalue weighted by atomic mass is 16.5. The molecule has 2 heterocycles. The Morgan fingerprint density at radius 2 is 1.69 bits per heavy atom. The van der Waals surface area contributed by atoms with Gasteiger partial charge in [0.1, 0.15) is 5.75 Å². The first-order chi connectivity index (χ1) is 12.8. The van der Waals surface area contributed by atoms with E-state index in [1.807, 2.05) is 54.6 Å². The van der Waals surface area contributed by atoms with Crippen LogP contribution in [-0.2, 0) is 11.2 Å². The molecule has 1 fully saturated rings. The Balaban J connectivity index is 1.78. The van der Waals surface area contributed by atoms with E-state index in [2.05, 4.69) is 11.5 Å². The lowest BCUT2D eigenvalue weighted by Crippen LogP contribution is -2.37. The molecule has 0 bridgehead atoms. The predicted molar refractivity (Wildman–Crippen MR) is 103 cm³/mol. The fourth-order valence-electron chi connectivity index (χ4n) is 3.06. The quantitative estimate of drug-likeness (QED) is 0.653. The third-order valence-corrected chi connectivity index (χ3v) is 4.38. The number of fused-ring (bicyclic) bond motifs is 1. The summed E-state index contributed by atoms with van der Waals surface area (Å²) >= 11 is 0. The van der Waals surface area contributed by atoms with Crippen LogP contribution in [0.1, 0.15) is 5.56 Å². The fourth-order valence-corrected chi connectivity index (χ4v) is 3.06. The van der Waals surface area contributed by atoms with Crippen molar-refractivity contribution in [3.05, 3.63) is 66.7 Å². The zero-order valence-corrected chi connectivity index (χ0v) is 14.6. The molecule has 1 aliphatic rings. The molecule has 0 radical (unpaired) electrons. The maximum absolute atomic E-state index is 6.25. The number of hydrogen-bond donors (Lipinski definition) is 0. The Labute approximate surface area is 152 Å². The molecule has 5 heteroatoms. The van der Waals surface area contributed by atoms with Gasteiger partial charge in [-0.05, 0) is 30.2 Å². The summed E-state index contributed by atoms with van der Waals surface area (Å²) in [4.78, 5) is 11.8. The summed E-state index contributed by atoms with van der Waals surface area (Å²) in [5.41, 5.74) is 2.76. The van der Waals surface area contributed by atoms with Crippen LogP contribution in [0.5, 0.6) is 11.6 Å². The van der Waals surface area contributed by atoms with E-state index in [4.69, 9.17) is 19.4 Å². The molecule has 1 aromatic heterocycles. The minimum absolute atomic E-state index is 0.530. The third-order valence-electron chi connectivity index (χ3n) is 4.38. The van der Waals surface area contributed by atoms with Crippen molar-refractivity contribution in [2.24, 2.45) is 0 Å². The number of para-hydroxylation sites is 3. The molecule has 2 aromatic carbocycles. The van der Waals surface area contributed by atoms with Crippen LogP contribution in [0.4, 0.5) is 5.82 Å². The molecule has 0 atom stereocenters. The van der Waals surface area contributed by atoms with Crippen LogP contribution < -0.4 is 9.64 Å². The Morgan fingerprint density at radius 1 is 1.00 bits per heavy atom. The smallest absolute Gasteiger partial charge is 0.263 e. The molecule has 26 heavy (non-hydrogen) atoms. The van der Waals surface area contributed by atoms with Gasteiger partial charge in [0.2, 0.25) is 0 Å². The highest BCUT2D eigenvalue weighted by molar-refractivity contribution is 5.77. The average Bonchev–Trinajstić information content (AvgIpc) is 2.70. The van der Waals surface area contributed by atoms with Crippen molar-refractivity contribution < 1.29 is 9.47 Å². The Bertz CT molecular complexity index is 920. The standard InChI is InChI=1S/C21H21N3O2/c1-2-7-16-8-3-6-11-19(16)26-21-20(24-12-14-25-15-13-24)22-17-9-4-5-10-18(17)23-21/h2-6,8-11H,1,7,12-15H2. The van der Waals surface area contributed by atoms with E-state index in [0.29, 0.717) is 19.1 Å². The van der Waals surface area contributed by atoms with E-state index in [1.165, 1.54) is 0 Å². The first kappa shape index (κ1) is 16.5. The maximum atomic E-state index is 6.25. The summed E-state index contributed by atoms with van der Waals surface area (Å²) in [7, 11) is 0. The van der Waals surface area contributed by atoms with E-state index in [1.54, 1.807) is 0 Å². The fraction of sp³-hybridized carbons (Fsp3) is 0.238. The minimum Gasteiger partial charge on any atom is -0.436 e. The van der Waals surface area contributed by atoms with Crippen molar-refractivity contribution in [2.45, 2.75) is 6.42 Å². The summed E-state index contributed by atoms with van der Waals surface area (Å²) in [5.74, 6) is 2.08. The molecule has 0 amide bonds. The van der Waals surface area contributed by atoms with Crippen molar-refractivity contribution in [1.82, 2.24) is 9.97 Å². The highest BCUT2D eigenvalue weighted by Crippen LogP contribution is 2.33. The van der Waals surface area contributed by atoms with E-state index in [0.717, 1.165) is 47.7 Å². The number of rotatable bonds is 5. The molecule has 132 valence electrons. The Morgan fingerprint density at radius 3 is 2.46 bits per heavy atom. The summed E-state index contributed by atoms with van der Waals surface area (Å²) in [5, 5.41) is 0. The topological polar surface area (TPSA) is 47.5 Å².